The van der Waals surface area contributed by atoms with E-state index in [1.807, 2.05) is 19.9 Å². The third-order valence-electron chi connectivity index (χ3n) is 3.22. The van der Waals surface area contributed by atoms with Gasteiger partial charge in [-0.2, -0.15) is 0 Å². The molecule has 1 rings (SSSR count). The summed E-state index contributed by atoms with van der Waals surface area (Å²) in [5.41, 5.74) is -0.877. The minimum Gasteiger partial charge on any atom is -0.480 e. The van der Waals surface area contributed by atoms with Gasteiger partial charge < -0.3 is 5.11 Å². The van der Waals surface area contributed by atoms with Crippen molar-refractivity contribution in [1.29, 1.82) is 0 Å². The molecule has 0 radical (unpaired) electrons. The van der Waals surface area contributed by atoms with Gasteiger partial charge in [-0.25, -0.2) is 4.39 Å². The average Bonchev–Trinajstić information content (AvgIpc) is 2.37. The lowest BCUT2D eigenvalue weighted by atomic mass is 9.94. The van der Waals surface area contributed by atoms with Crippen molar-refractivity contribution in [3.8, 4) is 0 Å². The van der Waals surface area contributed by atoms with Crippen LogP contribution in [0, 0.1) is 5.82 Å². The number of carboxylic acid groups (broad SMARTS) is 1. The van der Waals surface area contributed by atoms with E-state index in [9.17, 15) is 14.3 Å². The molecule has 0 amide bonds. The number of hydrogen-bond donors (Lipinski definition) is 2. The topological polar surface area (TPSA) is 49.3 Å². The molecule has 0 heterocycles. The lowest BCUT2D eigenvalue weighted by Gasteiger charge is -2.28. The van der Waals surface area contributed by atoms with E-state index < -0.39 is 11.5 Å². The molecule has 0 aliphatic carbocycles. The molecule has 2 N–H and O–H groups in total. The maximum Gasteiger partial charge on any atom is 0.323 e. The molecule has 0 fully saturated rings. The van der Waals surface area contributed by atoms with Gasteiger partial charge in [0.15, 0.2) is 0 Å². The van der Waals surface area contributed by atoms with Crippen LogP contribution in [0.5, 0.6) is 0 Å². The van der Waals surface area contributed by atoms with Crippen LogP contribution in [0.2, 0.25) is 0 Å². The molecule has 1 aromatic carbocycles. The Kier molecular flexibility index (Phi) is 7.18. The van der Waals surface area contributed by atoms with Crippen LogP contribution in [0.3, 0.4) is 0 Å². The molecule has 0 saturated carbocycles. The van der Waals surface area contributed by atoms with Gasteiger partial charge >= 0.3 is 5.97 Å². The smallest absolute Gasteiger partial charge is 0.323 e. The maximum atomic E-state index is 13.0. The SMILES string of the molecule is CC(C)NC(C)(CCCCSc1cccc(F)c1)C(=O)O. The zero-order valence-corrected chi connectivity index (χ0v) is 13.7. The molecule has 5 heteroatoms. The number of unbranched alkanes of at least 4 members (excludes halogenated alkanes) is 1. The van der Waals surface area contributed by atoms with E-state index >= 15 is 0 Å². The predicted octanol–water partition coefficient (Wildman–Crippen LogP) is 3.93. The summed E-state index contributed by atoms with van der Waals surface area (Å²) in [6.45, 7) is 5.62. The highest BCUT2D eigenvalue weighted by atomic mass is 32.2. The number of carbonyl (C=O) groups is 1. The van der Waals surface area contributed by atoms with Crippen LogP contribution in [0.15, 0.2) is 29.2 Å². The summed E-state index contributed by atoms with van der Waals surface area (Å²) < 4.78 is 13.0. The van der Waals surface area contributed by atoms with Crippen molar-refractivity contribution >= 4 is 17.7 Å². The molecule has 0 saturated heterocycles. The number of benzene rings is 1. The van der Waals surface area contributed by atoms with Crippen LogP contribution in [0.1, 0.15) is 40.0 Å². The van der Waals surface area contributed by atoms with Crippen LogP contribution in [-0.4, -0.2) is 28.4 Å². The summed E-state index contributed by atoms with van der Waals surface area (Å²) in [6, 6.07) is 6.67. The monoisotopic (exact) mass is 313 g/mol. The fourth-order valence-electron chi connectivity index (χ4n) is 2.21. The van der Waals surface area contributed by atoms with Gasteiger partial charge in [0.25, 0.3) is 0 Å². The molecule has 3 nitrogen and oxygen atoms in total. The first kappa shape index (κ1) is 18.0. The highest BCUT2D eigenvalue weighted by molar-refractivity contribution is 7.99. The van der Waals surface area contributed by atoms with Gasteiger partial charge in [-0.1, -0.05) is 12.5 Å². The lowest BCUT2D eigenvalue weighted by Crippen LogP contribution is -2.52. The minimum atomic E-state index is -0.877. The standard InChI is InChI=1S/C16H24FNO2S/c1-12(2)18-16(3,15(19)20)9-4-5-10-21-14-8-6-7-13(17)11-14/h6-8,11-12,18H,4-5,9-10H2,1-3H3,(H,19,20). The second-order valence-electron chi connectivity index (χ2n) is 5.70. The Morgan fingerprint density at radius 1 is 1.43 bits per heavy atom. The summed E-state index contributed by atoms with van der Waals surface area (Å²) in [6.07, 6.45) is 2.32. The number of carboxylic acids is 1. The van der Waals surface area contributed by atoms with E-state index in [-0.39, 0.29) is 11.9 Å². The Labute approximate surface area is 130 Å². The molecular formula is C16H24FNO2S. The first-order chi connectivity index (χ1) is 9.83. The Bertz CT molecular complexity index is 467. The van der Waals surface area contributed by atoms with Gasteiger partial charge in [-0.15, -0.1) is 11.8 Å². The normalized spacial score (nSPS) is 14.1. The summed E-state index contributed by atoms with van der Waals surface area (Å²) in [4.78, 5) is 12.3. The molecule has 0 aliphatic heterocycles. The number of nitrogens with one attached hydrogen (secondary N) is 1. The Hall–Kier alpha value is -1.07. The second kappa shape index (κ2) is 8.39. The van der Waals surface area contributed by atoms with E-state index in [4.69, 9.17) is 0 Å². The Morgan fingerprint density at radius 3 is 2.71 bits per heavy atom. The van der Waals surface area contributed by atoms with E-state index in [1.165, 1.54) is 12.1 Å². The molecule has 1 aromatic rings. The third kappa shape index (κ3) is 6.48. The van der Waals surface area contributed by atoms with Crippen LogP contribution in [-0.2, 0) is 4.79 Å². The van der Waals surface area contributed by atoms with Gasteiger partial charge in [0.05, 0.1) is 0 Å². The van der Waals surface area contributed by atoms with Crippen molar-refractivity contribution in [2.45, 2.75) is 56.5 Å². The zero-order valence-electron chi connectivity index (χ0n) is 12.9. The van der Waals surface area contributed by atoms with Gasteiger partial charge in [0, 0.05) is 10.9 Å². The van der Waals surface area contributed by atoms with Crippen molar-refractivity contribution < 1.29 is 14.3 Å². The van der Waals surface area contributed by atoms with E-state index in [2.05, 4.69) is 5.32 Å². The quantitative estimate of drug-likeness (QED) is 0.536. The summed E-state index contributed by atoms with van der Waals surface area (Å²) >= 11 is 1.60. The minimum absolute atomic E-state index is 0.132. The largest absolute Gasteiger partial charge is 0.480 e. The highest BCUT2D eigenvalue weighted by Crippen LogP contribution is 2.22. The molecule has 21 heavy (non-hydrogen) atoms. The van der Waals surface area contributed by atoms with Gasteiger partial charge in [-0.3, -0.25) is 10.1 Å². The number of hydrogen-bond acceptors (Lipinski definition) is 3. The van der Waals surface area contributed by atoms with Gasteiger partial charge in [0.1, 0.15) is 11.4 Å². The fourth-order valence-corrected chi connectivity index (χ4v) is 3.16. The summed E-state index contributed by atoms with van der Waals surface area (Å²) in [5.74, 6) is -0.172. The third-order valence-corrected chi connectivity index (χ3v) is 4.30. The van der Waals surface area contributed by atoms with E-state index in [0.717, 1.165) is 23.5 Å². The number of halogens is 1. The Balaban J connectivity index is 2.33. The fraction of sp³-hybridized carbons (Fsp3) is 0.562. The van der Waals surface area contributed by atoms with Crippen LogP contribution < -0.4 is 5.32 Å². The average molecular weight is 313 g/mol. The van der Waals surface area contributed by atoms with Crippen LogP contribution in [0.4, 0.5) is 4.39 Å². The molecule has 118 valence electrons. The van der Waals surface area contributed by atoms with E-state index in [1.54, 1.807) is 24.8 Å². The number of aliphatic carboxylic acids is 1. The van der Waals surface area contributed by atoms with E-state index in [0.29, 0.717) is 6.42 Å². The van der Waals surface area contributed by atoms with Crippen molar-refractivity contribution in [3.63, 3.8) is 0 Å². The van der Waals surface area contributed by atoms with Crippen molar-refractivity contribution in [2.75, 3.05) is 5.75 Å². The molecule has 0 spiro atoms. The molecule has 0 bridgehead atoms. The predicted molar refractivity (Wildman–Crippen MR) is 85.3 cm³/mol. The lowest BCUT2D eigenvalue weighted by molar-refractivity contribution is -0.144. The molecule has 0 aliphatic rings. The molecule has 1 unspecified atom stereocenters. The van der Waals surface area contributed by atoms with Crippen LogP contribution >= 0.6 is 11.8 Å². The van der Waals surface area contributed by atoms with Crippen LogP contribution in [0.25, 0.3) is 0 Å². The van der Waals surface area contributed by atoms with Crippen molar-refractivity contribution in [3.05, 3.63) is 30.1 Å². The Morgan fingerprint density at radius 2 is 2.14 bits per heavy atom. The second-order valence-corrected chi connectivity index (χ2v) is 6.87. The molecule has 1 atom stereocenters. The first-order valence-corrected chi connectivity index (χ1v) is 8.21. The summed E-state index contributed by atoms with van der Waals surface area (Å²) in [5, 5.41) is 12.5. The number of thioether (sulfide) groups is 1. The maximum absolute atomic E-state index is 13.0. The first-order valence-electron chi connectivity index (χ1n) is 7.23. The van der Waals surface area contributed by atoms with Gasteiger partial charge in [0.2, 0.25) is 0 Å². The molecule has 0 aromatic heterocycles. The van der Waals surface area contributed by atoms with Crippen molar-refractivity contribution in [2.24, 2.45) is 0 Å². The summed E-state index contributed by atoms with van der Waals surface area (Å²) in [7, 11) is 0. The molecular weight excluding hydrogens is 289 g/mol. The van der Waals surface area contributed by atoms with Gasteiger partial charge in [-0.05, 0) is 57.6 Å². The zero-order chi connectivity index (χ0) is 15.9. The van der Waals surface area contributed by atoms with Crippen molar-refractivity contribution in [1.82, 2.24) is 5.32 Å². The highest BCUT2D eigenvalue weighted by Gasteiger charge is 2.32. The number of rotatable bonds is 9.